The standard InChI is InChI=1S/C19H22N2O3/c1-24-16-7-8-18(22)17(13-16)19(23)21-11-9-20(10-12-21)14-15-5-3-2-4-6-15/h2-8,13,22H,9-12,14H2,1H3. The third-order valence-electron chi connectivity index (χ3n) is 4.34. The molecular formula is C19H22N2O3. The van der Waals surface area contributed by atoms with E-state index in [1.807, 2.05) is 18.2 Å². The number of piperazine rings is 1. The number of nitrogens with zero attached hydrogens (tertiary/aromatic N) is 2. The van der Waals surface area contributed by atoms with Crippen molar-refractivity contribution in [1.29, 1.82) is 0 Å². The predicted octanol–water partition coefficient (Wildman–Crippen LogP) is 2.36. The highest BCUT2D eigenvalue weighted by Gasteiger charge is 2.24. The summed E-state index contributed by atoms with van der Waals surface area (Å²) in [6, 6.07) is 15.1. The maximum atomic E-state index is 12.6. The van der Waals surface area contributed by atoms with Crippen LogP contribution in [0.15, 0.2) is 48.5 Å². The summed E-state index contributed by atoms with van der Waals surface area (Å²) in [5.74, 6) is 0.414. The van der Waals surface area contributed by atoms with Crippen LogP contribution in [0.1, 0.15) is 15.9 Å². The first-order valence-electron chi connectivity index (χ1n) is 8.10. The summed E-state index contributed by atoms with van der Waals surface area (Å²) in [7, 11) is 1.54. The molecule has 1 fully saturated rings. The SMILES string of the molecule is COc1ccc(O)c(C(=O)N2CCN(Cc3ccccc3)CC2)c1. The highest BCUT2D eigenvalue weighted by molar-refractivity contribution is 5.97. The summed E-state index contributed by atoms with van der Waals surface area (Å²) < 4.78 is 5.14. The lowest BCUT2D eigenvalue weighted by Gasteiger charge is -2.35. The third kappa shape index (κ3) is 3.68. The number of hydrogen-bond acceptors (Lipinski definition) is 4. The van der Waals surface area contributed by atoms with Crippen LogP contribution >= 0.6 is 0 Å². The third-order valence-corrected chi connectivity index (χ3v) is 4.34. The van der Waals surface area contributed by atoms with E-state index in [0.29, 0.717) is 24.4 Å². The molecule has 0 saturated carbocycles. The summed E-state index contributed by atoms with van der Waals surface area (Å²) in [6.45, 7) is 3.86. The minimum atomic E-state index is -0.147. The van der Waals surface area contributed by atoms with Crippen molar-refractivity contribution < 1.29 is 14.6 Å². The van der Waals surface area contributed by atoms with Crippen molar-refractivity contribution in [3.05, 3.63) is 59.7 Å². The fraction of sp³-hybridized carbons (Fsp3) is 0.316. The second kappa shape index (κ2) is 7.36. The number of carbonyl (C=O) groups excluding carboxylic acids is 1. The molecule has 3 rings (SSSR count). The van der Waals surface area contributed by atoms with Crippen molar-refractivity contribution in [3.8, 4) is 11.5 Å². The van der Waals surface area contributed by atoms with Crippen LogP contribution in [0.25, 0.3) is 0 Å². The number of aromatic hydroxyl groups is 1. The molecular weight excluding hydrogens is 304 g/mol. The lowest BCUT2D eigenvalue weighted by Crippen LogP contribution is -2.48. The van der Waals surface area contributed by atoms with Crippen LogP contribution in [0, 0.1) is 0 Å². The van der Waals surface area contributed by atoms with E-state index in [2.05, 4.69) is 17.0 Å². The highest BCUT2D eigenvalue weighted by Crippen LogP contribution is 2.24. The number of phenols is 1. The molecule has 0 aromatic heterocycles. The Balaban J connectivity index is 1.61. The summed E-state index contributed by atoms with van der Waals surface area (Å²) in [5, 5.41) is 9.96. The van der Waals surface area contributed by atoms with Gasteiger partial charge in [0.2, 0.25) is 0 Å². The first-order valence-corrected chi connectivity index (χ1v) is 8.10. The molecule has 0 bridgehead atoms. The molecule has 1 N–H and O–H groups in total. The largest absolute Gasteiger partial charge is 0.507 e. The van der Waals surface area contributed by atoms with Crippen LogP contribution in [-0.4, -0.2) is 54.1 Å². The maximum absolute atomic E-state index is 12.6. The minimum Gasteiger partial charge on any atom is -0.507 e. The molecule has 1 amide bonds. The molecule has 5 heteroatoms. The Hall–Kier alpha value is -2.53. The fourth-order valence-electron chi connectivity index (χ4n) is 2.93. The Kier molecular flexibility index (Phi) is 5.01. The Morgan fingerprint density at radius 3 is 2.46 bits per heavy atom. The topological polar surface area (TPSA) is 53.0 Å². The average molecular weight is 326 g/mol. The van der Waals surface area contributed by atoms with Gasteiger partial charge in [-0.3, -0.25) is 9.69 Å². The number of carbonyl (C=O) groups is 1. The van der Waals surface area contributed by atoms with E-state index < -0.39 is 0 Å². The van der Waals surface area contributed by atoms with Gasteiger partial charge in [-0.15, -0.1) is 0 Å². The number of rotatable bonds is 4. The smallest absolute Gasteiger partial charge is 0.257 e. The van der Waals surface area contributed by atoms with Gasteiger partial charge in [-0.1, -0.05) is 30.3 Å². The quantitative estimate of drug-likeness (QED) is 0.937. The van der Waals surface area contributed by atoms with Gasteiger partial charge >= 0.3 is 0 Å². The molecule has 0 spiro atoms. The summed E-state index contributed by atoms with van der Waals surface area (Å²) >= 11 is 0. The van der Waals surface area contributed by atoms with Gasteiger partial charge in [-0.2, -0.15) is 0 Å². The van der Waals surface area contributed by atoms with Crippen LogP contribution in [-0.2, 0) is 6.54 Å². The van der Waals surface area contributed by atoms with Crippen LogP contribution < -0.4 is 4.74 Å². The van der Waals surface area contributed by atoms with Crippen molar-refractivity contribution in [2.24, 2.45) is 0 Å². The molecule has 2 aromatic carbocycles. The second-order valence-corrected chi connectivity index (χ2v) is 5.94. The number of ether oxygens (including phenoxy) is 1. The van der Waals surface area contributed by atoms with Gasteiger partial charge in [-0.05, 0) is 23.8 Å². The van der Waals surface area contributed by atoms with Crippen molar-refractivity contribution >= 4 is 5.91 Å². The maximum Gasteiger partial charge on any atom is 0.257 e. The van der Waals surface area contributed by atoms with Crippen molar-refractivity contribution in [2.75, 3.05) is 33.3 Å². The van der Waals surface area contributed by atoms with E-state index in [4.69, 9.17) is 4.74 Å². The van der Waals surface area contributed by atoms with E-state index in [0.717, 1.165) is 19.6 Å². The molecule has 1 heterocycles. The summed E-state index contributed by atoms with van der Waals surface area (Å²) in [5.41, 5.74) is 1.58. The Labute approximate surface area is 142 Å². The predicted molar refractivity (Wildman–Crippen MR) is 92.3 cm³/mol. The van der Waals surface area contributed by atoms with Gasteiger partial charge in [0.25, 0.3) is 5.91 Å². The van der Waals surface area contributed by atoms with Gasteiger partial charge < -0.3 is 14.7 Å². The second-order valence-electron chi connectivity index (χ2n) is 5.94. The Morgan fingerprint density at radius 2 is 1.79 bits per heavy atom. The van der Waals surface area contributed by atoms with Gasteiger partial charge in [-0.25, -0.2) is 0 Å². The van der Waals surface area contributed by atoms with Crippen LogP contribution in [0.2, 0.25) is 0 Å². The average Bonchev–Trinajstić information content (AvgIpc) is 2.63. The molecule has 1 aliphatic heterocycles. The summed E-state index contributed by atoms with van der Waals surface area (Å²) in [6.07, 6.45) is 0. The van der Waals surface area contributed by atoms with E-state index in [1.165, 1.54) is 11.6 Å². The zero-order valence-electron chi connectivity index (χ0n) is 13.8. The lowest BCUT2D eigenvalue weighted by molar-refractivity contribution is 0.0625. The molecule has 2 aromatic rings. The molecule has 1 saturated heterocycles. The van der Waals surface area contributed by atoms with Gasteiger partial charge in [0.05, 0.1) is 12.7 Å². The molecule has 1 aliphatic rings. The molecule has 0 atom stereocenters. The van der Waals surface area contributed by atoms with E-state index in [1.54, 1.807) is 24.1 Å². The lowest BCUT2D eigenvalue weighted by atomic mass is 10.1. The number of hydrogen-bond donors (Lipinski definition) is 1. The van der Waals surface area contributed by atoms with E-state index in [-0.39, 0.29) is 11.7 Å². The molecule has 126 valence electrons. The van der Waals surface area contributed by atoms with Crippen LogP contribution in [0.5, 0.6) is 11.5 Å². The van der Waals surface area contributed by atoms with E-state index in [9.17, 15) is 9.90 Å². The van der Waals surface area contributed by atoms with Crippen molar-refractivity contribution in [3.63, 3.8) is 0 Å². The first-order chi connectivity index (χ1) is 11.7. The Morgan fingerprint density at radius 1 is 1.08 bits per heavy atom. The van der Waals surface area contributed by atoms with Gasteiger partial charge in [0, 0.05) is 32.7 Å². The molecule has 0 radical (unpaired) electrons. The van der Waals surface area contributed by atoms with Crippen LogP contribution in [0.3, 0.4) is 0 Å². The van der Waals surface area contributed by atoms with Gasteiger partial charge in [0.1, 0.15) is 11.5 Å². The van der Waals surface area contributed by atoms with Crippen LogP contribution in [0.4, 0.5) is 0 Å². The normalized spacial score (nSPS) is 15.3. The number of benzene rings is 2. The number of amides is 1. The first kappa shape index (κ1) is 16.3. The zero-order chi connectivity index (χ0) is 16.9. The van der Waals surface area contributed by atoms with E-state index >= 15 is 0 Å². The molecule has 24 heavy (non-hydrogen) atoms. The van der Waals surface area contributed by atoms with Crippen molar-refractivity contribution in [1.82, 2.24) is 9.80 Å². The number of phenolic OH excluding ortho intramolecular Hbond substituents is 1. The Bertz CT molecular complexity index is 695. The zero-order valence-corrected chi connectivity index (χ0v) is 13.8. The number of methoxy groups -OCH3 is 1. The van der Waals surface area contributed by atoms with Crippen molar-refractivity contribution in [2.45, 2.75) is 6.54 Å². The van der Waals surface area contributed by atoms with Gasteiger partial charge in [0.15, 0.2) is 0 Å². The molecule has 5 nitrogen and oxygen atoms in total. The summed E-state index contributed by atoms with van der Waals surface area (Å²) in [4.78, 5) is 16.8. The monoisotopic (exact) mass is 326 g/mol. The minimum absolute atomic E-state index is 0.00693. The highest BCUT2D eigenvalue weighted by atomic mass is 16.5. The molecule has 0 aliphatic carbocycles. The fourth-order valence-corrected chi connectivity index (χ4v) is 2.93. The molecule has 0 unspecified atom stereocenters.